The van der Waals surface area contributed by atoms with Crippen molar-refractivity contribution in [3.8, 4) is 0 Å². The molecule has 0 radical (unpaired) electrons. The summed E-state index contributed by atoms with van der Waals surface area (Å²) in [5.74, 6) is 1.34. The highest BCUT2D eigenvalue weighted by Crippen LogP contribution is 2.30. The Morgan fingerprint density at radius 3 is 2.53 bits per heavy atom. The molecule has 2 aromatic heterocycles. The number of benzene rings is 2. The molecule has 1 amide bonds. The molecule has 7 heteroatoms. The number of aromatic nitrogens is 3. The summed E-state index contributed by atoms with van der Waals surface area (Å²) >= 11 is 0. The largest absolute Gasteiger partial charge is 0.382 e. The van der Waals surface area contributed by atoms with Crippen LogP contribution < -0.4 is 16.8 Å². The number of nitrogens with zero attached hydrogens (tertiary/aromatic N) is 3. The number of nitrogens with two attached hydrogens (primary N) is 2. The predicted octanol–water partition coefficient (Wildman–Crippen LogP) is 3.52. The average Bonchev–Trinajstić information content (AvgIpc) is 3.16. The highest BCUT2D eigenvalue weighted by molar-refractivity contribution is 6.06. The third-order valence-corrected chi connectivity index (χ3v) is 5.69. The standard InChI is InChI=1S/C25H30N6O/c1-3-4-9-21-30-22-23(19-7-5-6-8-20(19)29-24(22)27)31(21)15-18-12-10-17(11-13-18)14-28-25(32)16(2)26/h5-8,10-13,16H,3-4,9,14-15,26H2,1-2H3,(H2,27,29)(H,28,32)/t16-/m0/s1. The number of hydrogen-bond acceptors (Lipinski definition) is 5. The summed E-state index contributed by atoms with van der Waals surface area (Å²) in [5, 5.41) is 3.90. The van der Waals surface area contributed by atoms with Crippen LogP contribution in [0.3, 0.4) is 0 Å². The highest BCUT2D eigenvalue weighted by atomic mass is 16.2. The van der Waals surface area contributed by atoms with Gasteiger partial charge in [-0.1, -0.05) is 55.8 Å². The van der Waals surface area contributed by atoms with Crippen molar-refractivity contribution in [2.75, 3.05) is 5.73 Å². The lowest BCUT2D eigenvalue weighted by Crippen LogP contribution is -2.37. The number of imidazole rings is 1. The van der Waals surface area contributed by atoms with Crippen LogP contribution in [0.5, 0.6) is 0 Å². The molecule has 4 aromatic rings. The van der Waals surface area contributed by atoms with Gasteiger partial charge in [0.2, 0.25) is 5.91 Å². The molecule has 4 rings (SSSR count). The van der Waals surface area contributed by atoms with Gasteiger partial charge in [-0.3, -0.25) is 4.79 Å². The fourth-order valence-electron chi connectivity index (χ4n) is 3.90. The zero-order valence-electron chi connectivity index (χ0n) is 18.6. The Kier molecular flexibility index (Phi) is 6.37. The van der Waals surface area contributed by atoms with Gasteiger partial charge < -0.3 is 21.4 Å². The van der Waals surface area contributed by atoms with Gasteiger partial charge in [-0.05, 0) is 30.5 Å². The number of carbonyl (C=O) groups is 1. The van der Waals surface area contributed by atoms with E-state index >= 15 is 0 Å². The minimum absolute atomic E-state index is 0.155. The number of para-hydroxylation sites is 1. The Morgan fingerprint density at radius 2 is 1.81 bits per heavy atom. The second-order valence-electron chi connectivity index (χ2n) is 8.25. The van der Waals surface area contributed by atoms with Gasteiger partial charge in [-0.2, -0.15) is 0 Å². The molecule has 0 bridgehead atoms. The maximum Gasteiger partial charge on any atom is 0.236 e. The van der Waals surface area contributed by atoms with E-state index in [9.17, 15) is 4.79 Å². The maximum absolute atomic E-state index is 11.7. The molecule has 0 saturated carbocycles. The first kappa shape index (κ1) is 21.8. The highest BCUT2D eigenvalue weighted by Gasteiger charge is 2.17. The van der Waals surface area contributed by atoms with Crippen LogP contribution >= 0.6 is 0 Å². The molecule has 0 unspecified atom stereocenters. The molecule has 0 aliphatic heterocycles. The lowest BCUT2D eigenvalue weighted by atomic mass is 10.1. The van der Waals surface area contributed by atoms with E-state index < -0.39 is 6.04 Å². The van der Waals surface area contributed by atoms with E-state index in [1.54, 1.807) is 6.92 Å². The quantitative estimate of drug-likeness (QED) is 0.396. The predicted molar refractivity (Wildman–Crippen MR) is 129 cm³/mol. The Bertz CT molecular complexity index is 1240. The summed E-state index contributed by atoms with van der Waals surface area (Å²) in [6.07, 6.45) is 3.05. The number of fused-ring (bicyclic) bond motifs is 3. The zero-order chi connectivity index (χ0) is 22.7. The number of unbranched alkanes of at least 4 members (excludes halogenated alkanes) is 1. The Morgan fingerprint density at radius 1 is 1.09 bits per heavy atom. The van der Waals surface area contributed by atoms with Crippen molar-refractivity contribution in [1.29, 1.82) is 0 Å². The van der Waals surface area contributed by atoms with E-state index in [1.807, 2.05) is 30.3 Å². The van der Waals surface area contributed by atoms with E-state index in [0.717, 1.165) is 58.2 Å². The van der Waals surface area contributed by atoms with Crippen molar-refractivity contribution in [2.45, 2.75) is 52.2 Å². The van der Waals surface area contributed by atoms with E-state index in [4.69, 9.17) is 16.5 Å². The normalized spacial score (nSPS) is 12.3. The molecule has 5 N–H and O–H groups in total. The number of nitrogen functional groups attached to an aromatic ring is 1. The van der Waals surface area contributed by atoms with Crippen LogP contribution in [0.1, 0.15) is 43.6 Å². The first-order valence-electron chi connectivity index (χ1n) is 11.1. The molecule has 0 aliphatic carbocycles. The van der Waals surface area contributed by atoms with E-state index in [-0.39, 0.29) is 5.91 Å². The summed E-state index contributed by atoms with van der Waals surface area (Å²) in [5.41, 5.74) is 16.8. The number of aryl methyl sites for hydroxylation is 1. The number of anilines is 1. The smallest absolute Gasteiger partial charge is 0.236 e. The van der Waals surface area contributed by atoms with Crippen molar-refractivity contribution in [2.24, 2.45) is 5.73 Å². The Balaban J connectivity index is 1.69. The van der Waals surface area contributed by atoms with Gasteiger partial charge in [0, 0.05) is 24.9 Å². The number of hydrogen-bond donors (Lipinski definition) is 3. The topological polar surface area (TPSA) is 112 Å². The SMILES string of the molecule is CCCCc1nc2c(N)nc3ccccc3c2n1Cc1ccc(CNC(=O)[C@H](C)N)cc1. The van der Waals surface area contributed by atoms with Gasteiger partial charge in [0.05, 0.1) is 17.1 Å². The van der Waals surface area contributed by atoms with Crippen LogP contribution in [0.4, 0.5) is 5.82 Å². The molecular formula is C25H30N6O. The van der Waals surface area contributed by atoms with Gasteiger partial charge >= 0.3 is 0 Å². The van der Waals surface area contributed by atoms with E-state index in [2.05, 4.69) is 40.0 Å². The third kappa shape index (κ3) is 4.43. The van der Waals surface area contributed by atoms with Crippen molar-refractivity contribution in [3.05, 3.63) is 65.5 Å². The van der Waals surface area contributed by atoms with Crippen LogP contribution in [0.15, 0.2) is 48.5 Å². The first-order chi connectivity index (χ1) is 15.5. The molecular weight excluding hydrogens is 400 g/mol. The van der Waals surface area contributed by atoms with Gasteiger partial charge in [0.15, 0.2) is 5.82 Å². The molecule has 2 heterocycles. The maximum atomic E-state index is 11.7. The van der Waals surface area contributed by atoms with Gasteiger partial charge in [-0.25, -0.2) is 9.97 Å². The van der Waals surface area contributed by atoms with Crippen LogP contribution in [0, 0.1) is 0 Å². The van der Waals surface area contributed by atoms with E-state index in [1.165, 1.54) is 0 Å². The fraction of sp³-hybridized carbons (Fsp3) is 0.320. The van der Waals surface area contributed by atoms with Gasteiger partial charge in [0.1, 0.15) is 11.3 Å². The molecule has 0 spiro atoms. The fourth-order valence-corrected chi connectivity index (χ4v) is 3.90. The molecule has 0 fully saturated rings. The number of nitrogens with one attached hydrogen (secondary N) is 1. The summed E-state index contributed by atoms with van der Waals surface area (Å²) < 4.78 is 2.28. The van der Waals surface area contributed by atoms with Crippen molar-refractivity contribution in [1.82, 2.24) is 19.9 Å². The minimum atomic E-state index is -0.512. The zero-order valence-corrected chi connectivity index (χ0v) is 18.6. The first-order valence-corrected chi connectivity index (χ1v) is 11.1. The summed E-state index contributed by atoms with van der Waals surface area (Å²) in [6, 6.07) is 15.8. The number of carbonyl (C=O) groups excluding carboxylic acids is 1. The number of pyridine rings is 1. The molecule has 2 aromatic carbocycles. The minimum Gasteiger partial charge on any atom is -0.382 e. The van der Waals surface area contributed by atoms with Crippen LogP contribution in [0.25, 0.3) is 21.9 Å². The lowest BCUT2D eigenvalue weighted by Gasteiger charge is -2.12. The van der Waals surface area contributed by atoms with Gasteiger partial charge in [-0.15, -0.1) is 0 Å². The lowest BCUT2D eigenvalue weighted by molar-refractivity contribution is -0.122. The summed E-state index contributed by atoms with van der Waals surface area (Å²) in [4.78, 5) is 21.2. The molecule has 1 atom stereocenters. The number of rotatable bonds is 8. The van der Waals surface area contributed by atoms with E-state index in [0.29, 0.717) is 18.9 Å². The molecule has 0 saturated heterocycles. The Labute approximate surface area is 187 Å². The summed E-state index contributed by atoms with van der Waals surface area (Å²) in [7, 11) is 0. The monoisotopic (exact) mass is 430 g/mol. The molecule has 7 nitrogen and oxygen atoms in total. The molecule has 32 heavy (non-hydrogen) atoms. The third-order valence-electron chi connectivity index (χ3n) is 5.69. The average molecular weight is 431 g/mol. The van der Waals surface area contributed by atoms with Crippen molar-refractivity contribution < 1.29 is 4.79 Å². The van der Waals surface area contributed by atoms with Crippen molar-refractivity contribution in [3.63, 3.8) is 0 Å². The van der Waals surface area contributed by atoms with Crippen LogP contribution in [0.2, 0.25) is 0 Å². The van der Waals surface area contributed by atoms with Crippen LogP contribution in [-0.4, -0.2) is 26.5 Å². The number of amides is 1. The Hall–Kier alpha value is -3.45. The molecule has 0 aliphatic rings. The van der Waals surface area contributed by atoms with Crippen molar-refractivity contribution >= 4 is 33.7 Å². The van der Waals surface area contributed by atoms with Crippen LogP contribution in [-0.2, 0) is 24.3 Å². The second-order valence-corrected chi connectivity index (χ2v) is 8.25. The molecule has 166 valence electrons. The summed E-state index contributed by atoms with van der Waals surface area (Å²) in [6.45, 7) is 5.01. The second kappa shape index (κ2) is 9.36. The van der Waals surface area contributed by atoms with Gasteiger partial charge in [0.25, 0.3) is 0 Å².